The molecule has 0 radical (unpaired) electrons. The third-order valence-corrected chi connectivity index (χ3v) is 5.09. The molecule has 7 nitrogen and oxygen atoms in total. The number of amides is 1. The van der Waals surface area contributed by atoms with Crippen molar-refractivity contribution in [2.45, 2.75) is 38.1 Å². The lowest BCUT2D eigenvalue weighted by Gasteiger charge is -2.12. The molecule has 132 valence electrons. The lowest BCUT2D eigenvalue weighted by atomic mass is 10.1. The molecule has 7 heteroatoms. The van der Waals surface area contributed by atoms with Gasteiger partial charge in [0, 0.05) is 23.9 Å². The highest BCUT2D eigenvalue weighted by Crippen LogP contribution is 2.41. The van der Waals surface area contributed by atoms with Crippen molar-refractivity contribution in [1.82, 2.24) is 9.78 Å². The van der Waals surface area contributed by atoms with E-state index in [1.54, 1.807) is 23.0 Å². The largest absolute Gasteiger partial charge is 0.365 e. The summed E-state index contributed by atoms with van der Waals surface area (Å²) in [7, 11) is 0. The first-order valence-corrected chi connectivity index (χ1v) is 8.76. The lowest BCUT2D eigenvalue weighted by molar-refractivity contribution is 0.0989. The second kappa shape index (κ2) is 6.30. The van der Waals surface area contributed by atoms with Crippen LogP contribution in [0.1, 0.15) is 58.0 Å². The van der Waals surface area contributed by atoms with Crippen LogP contribution in [0.3, 0.4) is 0 Å². The Balaban J connectivity index is 1.64. The Labute approximate surface area is 150 Å². The Kier molecular flexibility index (Phi) is 3.96. The summed E-state index contributed by atoms with van der Waals surface area (Å²) >= 11 is 0. The molecule has 1 fully saturated rings. The maximum absolute atomic E-state index is 11.8. The number of benzene rings is 1. The minimum Gasteiger partial charge on any atom is -0.365 e. The van der Waals surface area contributed by atoms with E-state index in [4.69, 9.17) is 11.0 Å². The molecule has 4 rings (SSSR count). The number of aryl methyl sites for hydroxylation is 1. The van der Waals surface area contributed by atoms with Gasteiger partial charge in [-0.15, -0.1) is 0 Å². The minimum absolute atomic E-state index is 0.0358. The van der Waals surface area contributed by atoms with Crippen LogP contribution < -0.4 is 11.1 Å². The average Bonchev–Trinajstić information content (AvgIpc) is 3.27. The van der Waals surface area contributed by atoms with Gasteiger partial charge < -0.3 is 11.1 Å². The standard InChI is InChI=1S/C19H19N5O2/c20-8-7-16(11-1-2-11)24-10-15(18(21)26)19(23-24)22-13-4-5-14-12(9-13)3-6-17(14)25/h4-5,9-11,16H,1-3,6-7H2,(H2,21,26)(H,22,23). The van der Waals surface area contributed by atoms with Gasteiger partial charge in [0.1, 0.15) is 5.56 Å². The van der Waals surface area contributed by atoms with Crippen molar-refractivity contribution < 1.29 is 9.59 Å². The lowest BCUT2D eigenvalue weighted by Crippen LogP contribution is -2.12. The number of primary amides is 1. The highest BCUT2D eigenvalue weighted by molar-refractivity contribution is 6.01. The van der Waals surface area contributed by atoms with Crippen molar-refractivity contribution in [3.8, 4) is 6.07 Å². The Morgan fingerprint density at radius 3 is 2.92 bits per heavy atom. The quantitative estimate of drug-likeness (QED) is 0.832. The number of nitrogens with one attached hydrogen (secondary N) is 1. The SMILES string of the molecule is N#CCC(C1CC1)n1cc(C(N)=O)c(Nc2ccc3c(c2)CCC3=O)n1. The third-order valence-electron chi connectivity index (χ3n) is 5.09. The molecule has 2 aliphatic carbocycles. The molecule has 1 heterocycles. The molecular weight excluding hydrogens is 330 g/mol. The minimum atomic E-state index is -0.568. The van der Waals surface area contributed by atoms with Crippen molar-refractivity contribution in [1.29, 1.82) is 5.26 Å². The van der Waals surface area contributed by atoms with E-state index in [1.165, 1.54) is 0 Å². The summed E-state index contributed by atoms with van der Waals surface area (Å²) in [5.41, 5.74) is 8.33. The molecule has 0 saturated heterocycles. The summed E-state index contributed by atoms with van der Waals surface area (Å²) in [6.45, 7) is 0. The molecule has 1 unspecified atom stereocenters. The topological polar surface area (TPSA) is 114 Å². The number of ketones is 1. The molecular formula is C19H19N5O2. The monoisotopic (exact) mass is 349 g/mol. The number of hydrogen-bond acceptors (Lipinski definition) is 5. The Bertz CT molecular complexity index is 936. The zero-order valence-corrected chi connectivity index (χ0v) is 14.2. The van der Waals surface area contributed by atoms with E-state index in [9.17, 15) is 9.59 Å². The van der Waals surface area contributed by atoms with E-state index < -0.39 is 5.91 Å². The van der Waals surface area contributed by atoms with E-state index in [1.807, 2.05) is 6.07 Å². The molecule has 3 N–H and O–H groups in total. The fourth-order valence-corrected chi connectivity index (χ4v) is 3.55. The van der Waals surface area contributed by atoms with E-state index in [2.05, 4.69) is 16.5 Å². The fraction of sp³-hybridized carbons (Fsp3) is 0.368. The van der Waals surface area contributed by atoms with Gasteiger partial charge in [0.2, 0.25) is 0 Å². The maximum Gasteiger partial charge on any atom is 0.254 e. The zero-order chi connectivity index (χ0) is 18.3. The first-order chi connectivity index (χ1) is 12.6. The van der Waals surface area contributed by atoms with Gasteiger partial charge in [-0.1, -0.05) is 0 Å². The van der Waals surface area contributed by atoms with Crippen molar-refractivity contribution in [2.24, 2.45) is 11.7 Å². The Morgan fingerprint density at radius 1 is 1.42 bits per heavy atom. The second-order valence-electron chi connectivity index (χ2n) is 6.92. The van der Waals surface area contributed by atoms with Gasteiger partial charge >= 0.3 is 0 Å². The van der Waals surface area contributed by atoms with Gasteiger partial charge in [-0.05, 0) is 48.9 Å². The van der Waals surface area contributed by atoms with Gasteiger partial charge in [-0.2, -0.15) is 10.4 Å². The molecule has 26 heavy (non-hydrogen) atoms. The van der Waals surface area contributed by atoms with Crippen LogP contribution in [-0.2, 0) is 6.42 Å². The number of carbonyl (C=O) groups is 2. The predicted octanol–water partition coefficient (Wildman–Crippen LogP) is 2.72. The summed E-state index contributed by atoms with van der Waals surface area (Å²) < 4.78 is 1.69. The van der Waals surface area contributed by atoms with Crippen LogP contribution in [0.4, 0.5) is 11.5 Å². The first kappa shape index (κ1) is 16.3. The summed E-state index contributed by atoms with van der Waals surface area (Å²) in [5.74, 6) is 0.401. The molecule has 0 bridgehead atoms. The van der Waals surface area contributed by atoms with Crippen molar-refractivity contribution >= 4 is 23.2 Å². The van der Waals surface area contributed by atoms with Crippen molar-refractivity contribution in [3.05, 3.63) is 41.1 Å². The van der Waals surface area contributed by atoms with Crippen LogP contribution in [0.2, 0.25) is 0 Å². The molecule has 1 aromatic carbocycles. The summed E-state index contributed by atoms with van der Waals surface area (Å²) in [4.78, 5) is 23.6. The maximum atomic E-state index is 11.8. The van der Waals surface area contributed by atoms with E-state index in [-0.39, 0.29) is 11.8 Å². The smallest absolute Gasteiger partial charge is 0.254 e. The van der Waals surface area contributed by atoms with Gasteiger partial charge in [0.25, 0.3) is 5.91 Å². The molecule has 1 amide bonds. The van der Waals surface area contributed by atoms with Gasteiger partial charge in [-0.3, -0.25) is 14.3 Å². The average molecular weight is 349 g/mol. The molecule has 1 aromatic heterocycles. The Morgan fingerprint density at radius 2 is 2.23 bits per heavy atom. The van der Waals surface area contributed by atoms with E-state index in [0.717, 1.165) is 36.1 Å². The summed E-state index contributed by atoms with van der Waals surface area (Å²) in [6.07, 6.45) is 5.39. The fourth-order valence-electron chi connectivity index (χ4n) is 3.55. The van der Waals surface area contributed by atoms with Crippen molar-refractivity contribution in [2.75, 3.05) is 5.32 Å². The highest BCUT2D eigenvalue weighted by Gasteiger charge is 2.34. The number of Topliss-reactive ketones (excluding diaryl/α,β-unsaturated/α-hetero) is 1. The number of rotatable bonds is 6. The van der Waals surface area contributed by atoms with Gasteiger partial charge in [0.05, 0.1) is 18.5 Å². The molecule has 2 aromatic rings. The first-order valence-electron chi connectivity index (χ1n) is 8.76. The number of fused-ring (bicyclic) bond motifs is 1. The van der Waals surface area contributed by atoms with Crippen LogP contribution in [0.5, 0.6) is 0 Å². The van der Waals surface area contributed by atoms with Gasteiger partial charge in [-0.25, -0.2) is 0 Å². The number of hydrogen-bond donors (Lipinski definition) is 2. The molecule has 1 atom stereocenters. The normalized spacial score (nSPS) is 16.8. The van der Waals surface area contributed by atoms with Crippen LogP contribution in [-0.4, -0.2) is 21.5 Å². The molecule has 2 aliphatic rings. The number of anilines is 2. The number of carbonyl (C=O) groups excluding carboxylic acids is 2. The van der Waals surface area contributed by atoms with E-state index in [0.29, 0.717) is 30.1 Å². The predicted molar refractivity (Wildman–Crippen MR) is 95.1 cm³/mol. The van der Waals surface area contributed by atoms with E-state index >= 15 is 0 Å². The zero-order valence-electron chi connectivity index (χ0n) is 14.2. The number of nitrogens with zero attached hydrogens (tertiary/aromatic N) is 3. The van der Waals surface area contributed by atoms with Crippen molar-refractivity contribution in [3.63, 3.8) is 0 Å². The summed E-state index contributed by atoms with van der Waals surface area (Å²) in [5, 5.41) is 16.7. The van der Waals surface area contributed by atoms with Crippen LogP contribution >= 0.6 is 0 Å². The van der Waals surface area contributed by atoms with Crippen LogP contribution in [0.15, 0.2) is 24.4 Å². The number of aromatic nitrogens is 2. The molecule has 0 aliphatic heterocycles. The molecule has 1 saturated carbocycles. The molecule has 0 spiro atoms. The number of nitriles is 1. The summed E-state index contributed by atoms with van der Waals surface area (Å²) in [6, 6.07) is 7.68. The second-order valence-corrected chi connectivity index (χ2v) is 6.92. The van der Waals surface area contributed by atoms with Gasteiger partial charge in [0.15, 0.2) is 11.6 Å². The Hall–Kier alpha value is -3.14. The highest BCUT2D eigenvalue weighted by atomic mass is 16.1. The van der Waals surface area contributed by atoms with Crippen LogP contribution in [0, 0.1) is 17.2 Å². The van der Waals surface area contributed by atoms with Crippen LogP contribution in [0.25, 0.3) is 0 Å². The third kappa shape index (κ3) is 2.94. The number of nitrogens with two attached hydrogens (primary N) is 1.